The molecule has 2 aliphatic rings. The highest BCUT2D eigenvalue weighted by molar-refractivity contribution is 5.81. The molecular weight excluding hydrogens is 311 g/mol. The van der Waals surface area contributed by atoms with Gasteiger partial charge in [-0.2, -0.15) is 0 Å². The van der Waals surface area contributed by atoms with Gasteiger partial charge in [0.1, 0.15) is 24.3 Å². The van der Waals surface area contributed by atoms with Crippen LogP contribution in [0.5, 0.6) is 5.75 Å². The molecule has 1 amide bonds. The number of hydrogen-bond donors (Lipinski definition) is 2. The average molecular weight is 336 g/mol. The molecule has 1 aromatic rings. The molecule has 6 heteroatoms. The number of carbonyl (C=O) groups excluding carboxylic acids is 1. The molecule has 1 aliphatic carbocycles. The first-order valence-electron chi connectivity index (χ1n) is 8.71. The molecule has 0 spiro atoms. The molecule has 0 bridgehead atoms. The highest BCUT2D eigenvalue weighted by Crippen LogP contribution is 2.23. The molecule has 132 valence electrons. The van der Waals surface area contributed by atoms with E-state index in [4.69, 9.17) is 4.74 Å². The van der Waals surface area contributed by atoms with Gasteiger partial charge in [-0.25, -0.2) is 4.39 Å². The predicted octanol–water partition coefficient (Wildman–Crippen LogP) is 1.56. The molecule has 2 fully saturated rings. The van der Waals surface area contributed by atoms with Crippen molar-refractivity contribution in [3.63, 3.8) is 0 Å². The quantitative estimate of drug-likeness (QED) is 0.793. The lowest BCUT2D eigenvalue weighted by Crippen LogP contribution is -2.45. The Bertz CT molecular complexity index is 540. The van der Waals surface area contributed by atoms with E-state index in [1.165, 1.54) is 12.1 Å². The van der Waals surface area contributed by atoms with Crippen molar-refractivity contribution < 1.29 is 19.0 Å². The van der Waals surface area contributed by atoms with Gasteiger partial charge in [0.15, 0.2) is 0 Å². The number of benzene rings is 1. The van der Waals surface area contributed by atoms with Crippen LogP contribution >= 0.6 is 0 Å². The maximum absolute atomic E-state index is 12.8. The second-order valence-corrected chi connectivity index (χ2v) is 6.71. The smallest absolute Gasteiger partial charge is 0.249 e. The Morgan fingerprint density at radius 1 is 1.25 bits per heavy atom. The molecule has 1 atom stereocenters. The van der Waals surface area contributed by atoms with E-state index in [2.05, 4.69) is 10.2 Å². The molecule has 5 nitrogen and oxygen atoms in total. The van der Waals surface area contributed by atoms with E-state index in [-0.39, 0.29) is 23.7 Å². The minimum Gasteiger partial charge on any atom is -0.492 e. The van der Waals surface area contributed by atoms with Gasteiger partial charge in [-0.3, -0.25) is 9.69 Å². The normalized spacial score (nSPS) is 20.6. The number of amides is 1. The summed E-state index contributed by atoms with van der Waals surface area (Å²) >= 11 is 0. The van der Waals surface area contributed by atoms with Gasteiger partial charge in [0.05, 0.1) is 0 Å². The van der Waals surface area contributed by atoms with Crippen LogP contribution in [0.2, 0.25) is 0 Å². The highest BCUT2D eigenvalue weighted by Gasteiger charge is 2.32. The van der Waals surface area contributed by atoms with E-state index < -0.39 is 6.10 Å². The largest absolute Gasteiger partial charge is 0.492 e. The number of halogens is 1. The first kappa shape index (κ1) is 17.2. The third-order valence-electron chi connectivity index (χ3n) is 4.76. The van der Waals surface area contributed by atoms with E-state index in [0.717, 1.165) is 45.3 Å². The van der Waals surface area contributed by atoms with Crippen LogP contribution < -0.4 is 10.1 Å². The standard InChI is InChI=1S/C18H25FN2O3/c19-14-1-5-16(6-2-14)24-12-11-21-9-7-13(8-10-21)17(22)18(23)20-15-3-4-15/h1-2,5-6,13,15,17,22H,3-4,7-12H2,(H,20,23)/t17-/m0/s1. The Morgan fingerprint density at radius 3 is 2.54 bits per heavy atom. The number of ether oxygens (including phenoxy) is 1. The summed E-state index contributed by atoms with van der Waals surface area (Å²) in [6.07, 6.45) is 2.81. The summed E-state index contributed by atoms with van der Waals surface area (Å²) in [4.78, 5) is 14.2. The molecule has 0 unspecified atom stereocenters. The zero-order valence-corrected chi connectivity index (χ0v) is 13.8. The fraction of sp³-hybridized carbons (Fsp3) is 0.611. The first-order valence-corrected chi connectivity index (χ1v) is 8.71. The van der Waals surface area contributed by atoms with Gasteiger partial charge in [0.25, 0.3) is 0 Å². The number of piperidine rings is 1. The maximum atomic E-state index is 12.8. The van der Waals surface area contributed by atoms with Gasteiger partial charge < -0.3 is 15.2 Å². The zero-order valence-electron chi connectivity index (χ0n) is 13.8. The molecule has 1 saturated carbocycles. The Kier molecular flexibility index (Phi) is 5.68. The Labute approximate surface area is 141 Å². The van der Waals surface area contributed by atoms with Crippen LogP contribution in [0.1, 0.15) is 25.7 Å². The monoisotopic (exact) mass is 336 g/mol. The predicted molar refractivity (Wildman–Crippen MR) is 88.2 cm³/mol. The molecule has 3 rings (SSSR count). The van der Waals surface area contributed by atoms with Crippen molar-refractivity contribution in [1.82, 2.24) is 10.2 Å². The van der Waals surface area contributed by atoms with Crippen LogP contribution in [0.4, 0.5) is 4.39 Å². The summed E-state index contributed by atoms with van der Waals surface area (Å²) in [7, 11) is 0. The molecule has 0 radical (unpaired) electrons. The Hall–Kier alpha value is -1.66. The summed E-state index contributed by atoms with van der Waals surface area (Å²) in [6, 6.07) is 6.30. The Balaban J connectivity index is 1.34. The lowest BCUT2D eigenvalue weighted by atomic mass is 9.90. The molecule has 24 heavy (non-hydrogen) atoms. The van der Waals surface area contributed by atoms with Crippen molar-refractivity contribution in [2.75, 3.05) is 26.2 Å². The van der Waals surface area contributed by atoms with Crippen LogP contribution in [-0.2, 0) is 4.79 Å². The van der Waals surface area contributed by atoms with Crippen molar-refractivity contribution >= 4 is 5.91 Å². The fourth-order valence-electron chi connectivity index (χ4n) is 3.04. The molecule has 1 aliphatic heterocycles. The number of aliphatic hydroxyl groups excluding tert-OH is 1. The number of hydrogen-bond acceptors (Lipinski definition) is 4. The molecule has 1 aromatic carbocycles. The van der Waals surface area contributed by atoms with E-state index in [9.17, 15) is 14.3 Å². The lowest BCUT2D eigenvalue weighted by molar-refractivity contribution is -0.133. The molecule has 0 aromatic heterocycles. The molecule has 1 saturated heterocycles. The summed E-state index contributed by atoms with van der Waals surface area (Å²) in [6.45, 7) is 3.03. The van der Waals surface area contributed by atoms with Gasteiger partial charge in [0, 0.05) is 12.6 Å². The van der Waals surface area contributed by atoms with Crippen molar-refractivity contribution in [2.45, 2.75) is 37.8 Å². The summed E-state index contributed by atoms with van der Waals surface area (Å²) in [5, 5.41) is 13.0. The van der Waals surface area contributed by atoms with E-state index in [1.54, 1.807) is 12.1 Å². The number of rotatable bonds is 7. The second kappa shape index (κ2) is 7.94. The van der Waals surface area contributed by atoms with Gasteiger partial charge >= 0.3 is 0 Å². The molecular formula is C18H25FN2O3. The topological polar surface area (TPSA) is 61.8 Å². The molecule has 2 N–H and O–H groups in total. The second-order valence-electron chi connectivity index (χ2n) is 6.71. The number of nitrogens with zero attached hydrogens (tertiary/aromatic N) is 1. The van der Waals surface area contributed by atoms with Crippen LogP contribution in [0, 0.1) is 11.7 Å². The zero-order chi connectivity index (χ0) is 16.9. The Morgan fingerprint density at radius 2 is 1.92 bits per heavy atom. The van der Waals surface area contributed by atoms with Crippen molar-refractivity contribution in [1.29, 1.82) is 0 Å². The van der Waals surface area contributed by atoms with Gasteiger partial charge in [-0.15, -0.1) is 0 Å². The fourth-order valence-corrected chi connectivity index (χ4v) is 3.04. The van der Waals surface area contributed by atoms with Gasteiger partial charge in [0.2, 0.25) is 5.91 Å². The number of nitrogens with one attached hydrogen (secondary N) is 1. The number of carbonyl (C=O) groups is 1. The first-order chi connectivity index (χ1) is 11.6. The minimum absolute atomic E-state index is 0.0398. The van der Waals surface area contributed by atoms with Crippen LogP contribution in [0.15, 0.2) is 24.3 Å². The maximum Gasteiger partial charge on any atom is 0.249 e. The van der Waals surface area contributed by atoms with E-state index in [0.29, 0.717) is 12.4 Å². The number of aliphatic hydroxyl groups is 1. The van der Waals surface area contributed by atoms with Crippen LogP contribution in [0.25, 0.3) is 0 Å². The van der Waals surface area contributed by atoms with Crippen molar-refractivity contribution in [2.24, 2.45) is 5.92 Å². The number of likely N-dealkylation sites (tertiary alicyclic amines) is 1. The summed E-state index contributed by atoms with van der Waals surface area (Å²) in [5.74, 6) is 0.223. The van der Waals surface area contributed by atoms with E-state index >= 15 is 0 Å². The van der Waals surface area contributed by atoms with Gasteiger partial charge in [-0.1, -0.05) is 0 Å². The van der Waals surface area contributed by atoms with Crippen molar-refractivity contribution in [3.8, 4) is 5.75 Å². The highest BCUT2D eigenvalue weighted by atomic mass is 19.1. The van der Waals surface area contributed by atoms with Gasteiger partial charge in [-0.05, 0) is 69.0 Å². The molecule has 1 heterocycles. The lowest BCUT2D eigenvalue weighted by Gasteiger charge is -2.33. The third-order valence-corrected chi connectivity index (χ3v) is 4.76. The minimum atomic E-state index is -0.886. The average Bonchev–Trinajstić information content (AvgIpc) is 3.40. The van der Waals surface area contributed by atoms with Crippen LogP contribution in [-0.4, -0.2) is 54.3 Å². The van der Waals surface area contributed by atoms with E-state index in [1.807, 2.05) is 0 Å². The summed E-state index contributed by atoms with van der Waals surface area (Å²) < 4.78 is 18.4. The third kappa shape index (κ3) is 4.92. The van der Waals surface area contributed by atoms with Crippen LogP contribution in [0.3, 0.4) is 0 Å². The van der Waals surface area contributed by atoms with Crippen molar-refractivity contribution in [3.05, 3.63) is 30.1 Å². The summed E-state index contributed by atoms with van der Waals surface area (Å²) in [5.41, 5.74) is 0. The SMILES string of the molecule is O=C(NC1CC1)[C@@H](O)C1CCN(CCOc2ccc(F)cc2)CC1.